The summed E-state index contributed by atoms with van der Waals surface area (Å²) in [6.45, 7) is 1.94. The quantitative estimate of drug-likeness (QED) is 0.654. The Morgan fingerprint density at radius 3 is 2.58 bits per heavy atom. The first-order chi connectivity index (χ1) is 8.86. The van der Waals surface area contributed by atoms with Gasteiger partial charge >= 0.3 is 0 Å². The summed E-state index contributed by atoms with van der Waals surface area (Å²) < 4.78 is 26.2. The number of rotatable bonds is 6. The van der Waals surface area contributed by atoms with E-state index in [9.17, 15) is 13.2 Å². The van der Waals surface area contributed by atoms with Gasteiger partial charge in [-0.3, -0.25) is 4.79 Å². The van der Waals surface area contributed by atoms with Crippen LogP contribution in [-0.2, 0) is 21.4 Å². The van der Waals surface area contributed by atoms with Gasteiger partial charge in [-0.1, -0.05) is 17.7 Å². The molecule has 0 bridgehead atoms. The van der Waals surface area contributed by atoms with E-state index in [0.29, 0.717) is 10.6 Å². The number of nitrogens with one attached hydrogen (secondary N) is 2. The molecule has 0 unspecified atom stereocenters. The van der Waals surface area contributed by atoms with Crippen LogP contribution >= 0.6 is 11.6 Å². The maximum atomic E-state index is 11.9. The Bertz CT molecular complexity index is 560. The summed E-state index contributed by atoms with van der Waals surface area (Å²) >= 11 is 5.91. The van der Waals surface area contributed by atoms with Crippen molar-refractivity contribution in [2.75, 3.05) is 13.1 Å². The van der Waals surface area contributed by atoms with Crippen LogP contribution in [0.4, 0.5) is 0 Å². The largest absolute Gasteiger partial charge is 0.355 e. The Balaban J connectivity index is 2.72. The first kappa shape index (κ1) is 15.9. The SMILES string of the molecule is CC(=O)NCCNS(=O)(=O)c1ccc(CN)c(Cl)c1. The smallest absolute Gasteiger partial charge is 0.240 e. The molecule has 8 heteroatoms. The fourth-order valence-electron chi connectivity index (χ4n) is 1.37. The molecule has 0 aliphatic carbocycles. The third kappa shape index (κ3) is 4.79. The second-order valence-electron chi connectivity index (χ2n) is 3.84. The highest BCUT2D eigenvalue weighted by Crippen LogP contribution is 2.20. The third-order valence-corrected chi connectivity index (χ3v) is 4.16. The molecule has 0 radical (unpaired) electrons. The molecular weight excluding hydrogens is 290 g/mol. The Morgan fingerprint density at radius 2 is 2.05 bits per heavy atom. The molecular formula is C11H16ClN3O3S. The van der Waals surface area contributed by atoms with Crippen LogP contribution in [-0.4, -0.2) is 27.4 Å². The van der Waals surface area contributed by atoms with Crippen molar-refractivity contribution in [3.8, 4) is 0 Å². The van der Waals surface area contributed by atoms with Gasteiger partial charge in [0.05, 0.1) is 4.90 Å². The topological polar surface area (TPSA) is 101 Å². The third-order valence-electron chi connectivity index (χ3n) is 2.35. The molecule has 0 spiro atoms. The molecule has 4 N–H and O–H groups in total. The Morgan fingerprint density at radius 1 is 1.37 bits per heavy atom. The minimum atomic E-state index is -3.63. The highest BCUT2D eigenvalue weighted by molar-refractivity contribution is 7.89. The summed E-state index contributed by atoms with van der Waals surface area (Å²) in [4.78, 5) is 10.7. The molecule has 1 aromatic carbocycles. The van der Waals surface area contributed by atoms with Crippen LogP contribution in [0.25, 0.3) is 0 Å². The summed E-state index contributed by atoms with van der Waals surface area (Å²) in [6.07, 6.45) is 0. The van der Waals surface area contributed by atoms with Crippen LogP contribution in [0.15, 0.2) is 23.1 Å². The van der Waals surface area contributed by atoms with E-state index in [1.807, 2.05) is 0 Å². The van der Waals surface area contributed by atoms with Crippen molar-refractivity contribution in [2.24, 2.45) is 5.73 Å². The summed E-state index contributed by atoms with van der Waals surface area (Å²) in [5.74, 6) is -0.213. The highest BCUT2D eigenvalue weighted by Gasteiger charge is 2.14. The molecule has 1 aromatic rings. The van der Waals surface area contributed by atoms with Gasteiger partial charge in [-0.2, -0.15) is 0 Å². The Kier molecular flexibility index (Phi) is 5.74. The van der Waals surface area contributed by atoms with Crippen LogP contribution in [0.1, 0.15) is 12.5 Å². The minimum Gasteiger partial charge on any atom is -0.355 e. The van der Waals surface area contributed by atoms with Gasteiger partial charge in [0.2, 0.25) is 15.9 Å². The molecule has 1 amide bonds. The molecule has 0 aromatic heterocycles. The van der Waals surface area contributed by atoms with Gasteiger partial charge < -0.3 is 11.1 Å². The maximum absolute atomic E-state index is 11.9. The molecule has 0 fully saturated rings. The van der Waals surface area contributed by atoms with Gasteiger partial charge in [0, 0.05) is 31.6 Å². The zero-order valence-corrected chi connectivity index (χ0v) is 12.0. The van der Waals surface area contributed by atoms with E-state index in [0.717, 1.165) is 0 Å². The summed E-state index contributed by atoms with van der Waals surface area (Å²) in [5.41, 5.74) is 6.13. The first-order valence-corrected chi connectivity index (χ1v) is 7.45. The normalized spacial score (nSPS) is 11.3. The van der Waals surface area contributed by atoms with Crippen LogP contribution < -0.4 is 15.8 Å². The van der Waals surface area contributed by atoms with Crippen molar-refractivity contribution in [3.05, 3.63) is 28.8 Å². The van der Waals surface area contributed by atoms with Gasteiger partial charge in [-0.05, 0) is 17.7 Å². The van der Waals surface area contributed by atoms with Crippen molar-refractivity contribution >= 4 is 27.5 Å². The average molecular weight is 306 g/mol. The predicted octanol–water partition coefficient (Wildman–Crippen LogP) is 0.213. The number of benzene rings is 1. The fourth-order valence-corrected chi connectivity index (χ4v) is 2.75. The molecule has 19 heavy (non-hydrogen) atoms. The molecule has 0 saturated carbocycles. The lowest BCUT2D eigenvalue weighted by molar-refractivity contribution is -0.118. The van der Waals surface area contributed by atoms with Gasteiger partial charge in [0.1, 0.15) is 0 Å². The number of carbonyl (C=O) groups excluding carboxylic acids is 1. The van der Waals surface area contributed by atoms with Crippen LogP contribution in [0.2, 0.25) is 5.02 Å². The van der Waals surface area contributed by atoms with E-state index >= 15 is 0 Å². The minimum absolute atomic E-state index is 0.0672. The molecule has 0 saturated heterocycles. The first-order valence-electron chi connectivity index (χ1n) is 5.59. The molecule has 6 nitrogen and oxygen atoms in total. The Hall–Kier alpha value is -1.15. The lowest BCUT2D eigenvalue weighted by Crippen LogP contribution is -2.33. The van der Waals surface area contributed by atoms with E-state index < -0.39 is 10.0 Å². The van der Waals surface area contributed by atoms with E-state index in [-0.39, 0.29) is 30.4 Å². The number of hydrogen-bond donors (Lipinski definition) is 3. The molecule has 0 aliphatic heterocycles. The average Bonchev–Trinajstić information content (AvgIpc) is 2.34. The van der Waals surface area contributed by atoms with Crippen LogP contribution in [0.5, 0.6) is 0 Å². The van der Waals surface area contributed by atoms with E-state index in [4.69, 9.17) is 17.3 Å². The number of halogens is 1. The fraction of sp³-hybridized carbons (Fsp3) is 0.364. The molecule has 0 atom stereocenters. The number of nitrogens with two attached hydrogens (primary N) is 1. The monoisotopic (exact) mass is 305 g/mol. The number of hydrogen-bond acceptors (Lipinski definition) is 4. The van der Waals surface area contributed by atoms with Crippen molar-refractivity contribution in [1.82, 2.24) is 10.0 Å². The maximum Gasteiger partial charge on any atom is 0.240 e. The standard InChI is InChI=1S/C11H16ClN3O3S/c1-8(16)14-4-5-15-19(17,18)10-3-2-9(7-13)11(12)6-10/h2-3,6,15H,4-5,7,13H2,1H3,(H,14,16). The van der Waals surface area contributed by atoms with Crippen molar-refractivity contribution < 1.29 is 13.2 Å². The molecule has 1 rings (SSSR count). The summed E-state index contributed by atoms with van der Waals surface area (Å²) in [7, 11) is -3.63. The second-order valence-corrected chi connectivity index (χ2v) is 6.01. The summed E-state index contributed by atoms with van der Waals surface area (Å²) in [6, 6.07) is 4.37. The lowest BCUT2D eigenvalue weighted by Gasteiger charge is -2.09. The number of sulfonamides is 1. The van der Waals surface area contributed by atoms with Crippen molar-refractivity contribution in [1.29, 1.82) is 0 Å². The highest BCUT2D eigenvalue weighted by atomic mass is 35.5. The summed E-state index contributed by atoms with van der Waals surface area (Å²) in [5, 5.41) is 2.80. The lowest BCUT2D eigenvalue weighted by atomic mass is 10.2. The van der Waals surface area contributed by atoms with Crippen LogP contribution in [0, 0.1) is 0 Å². The van der Waals surface area contributed by atoms with E-state index in [1.54, 1.807) is 6.07 Å². The number of carbonyl (C=O) groups is 1. The number of amides is 1. The van der Waals surface area contributed by atoms with Gasteiger partial charge in [-0.15, -0.1) is 0 Å². The molecule has 0 heterocycles. The van der Waals surface area contributed by atoms with E-state index in [2.05, 4.69) is 10.0 Å². The van der Waals surface area contributed by atoms with Crippen molar-refractivity contribution in [3.63, 3.8) is 0 Å². The molecule has 0 aliphatic rings. The van der Waals surface area contributed by atoms with Crippen molar-refractivity contribution in [2.45, 2.75) is 18.4 Å². The van der Waals surface area contributed by atoms with E-state index in [1.165, 1.54) is 19.1 Å². The second kappa shape index (κ2) is 6.85. The molecule has 106 valence electrons. The van der Waals surface area contributed by atoms with Gasteiger partial charge in [-0.25, -0.2) is 13.1 Å². The van der Waals surface area contributed by atoms with Gasteiger partial charge in [0.25, 0.3) is 0 Å². The predicted molar refractivity (Wildman–Crippen MR) is 73.2 cm³/mol. The van der Waals surface area contributed by atoms with Gasteiger partial charge in [0.15, 0.2) is 0 Å². The zero-order chi connectivity index (χ0) is 14.5. The Labute approximate surface area is 117 Å². The zero-order valence-electron chi connectivity index (χ0n) is 10.4. The van der Waals surface area contributed by atoms with Crippen LogP contribution in [0.3, 0.4) is 0 Å².